The van der Waals surface area contributed by atoms with Crippen molar-refractivity contribution >= 4 is 5.97 Å². The fourth-order valence-corrected chi connectivity index (χ4v) is 1.19. The molecule has 0 spiro atoms. The summed E-state index contributed by atoms with van der Waals surface area (Å²) >= 11 is 0. The summed E-state index contributed by atoms with van der Waals surface area (Å²) in [6.07, 6.45) is 3.29. The van der Waals surface area contributed by atoms with E-state index in [9.17, 15) is 4.79 Å². The normalized spacial score (nSPS) is 12.1. The molecule has 14 heavy (non-hydrogen) atoms. The van der Waals surface area contributed by atoms with E-state index >= 15 is 0 Å². The van der Waals surface area contributed by atoms with Crippen molar-refractivity contribution in [3.8, 4) is 0 Å². The van der Waals surface area contributed by atoms with Crippen molar-refractivity contribution in [1.82, 2.24) is 4.98 Å². The Morgan fingerprint density at radius 2 is 2.50 bits per heavy atom. The van der Waals surface area contributed by atoms with Gasteiger partial charge in [-0.3, -0.25) is 9.78 Å². The lowest BCUT2D eigenvalue weighted by Gasteiger charge is -2.12. The second-order valence-electron chi connectivity index (χ2n) is 2.83. The number of esters is 1. The highest BCUT2D eigenvalue weighted by Gasteiger charge is 2.19. The molecule has 1 atom stereocenters. The molecule has 4 heteroatoms. The zero-order chi connectivity index (χ0) is 10.4. The fraction of sp³-hybridized carbons (Fsp3) is 0.400. The van der Waals surface area contributed by atoms with Crippen LogP contribution in [0.2, 0.25) is 0 Å². The minimum absolute atomic E-state index is 0.241. The number of nitrogens with two attached hydrogens (primary N) is 1. The molecular formula is C10H14N2O2. The van der Waals surface area contributed by atoms with Crippen molar-refractivity contribution in [3.63, 3.8) is 0 Å². The molecule has 0 saturated heterocycles. The Morgan fingerprint density at radius 3 is 3.00 bits per heavy atom. The molecule has 4 nitrogen and oxygen atoms in total. The lowest BCUT2D eigenvalue weighted by molar-refractivity contribution is -0.144. The van der Waals surface area contributed by atoms with Crippen LogP contribution in [0.1, 0.15) is 18.4 Å². The van der Waals surface area contributed by atoms with Gasteiger partial charge >= 0.3 is 5.97 Å². The van der Waals surface area contributed by atoms with E-state index in [2.05, 4.69) is 4.98 Å². The quantitative estimate of drug-likeness (QED) is 0.716. The summed E-state index contributed by atoms with van der Waals surface area (Å²) < 4.78 is 4.90. The highest BCUT2D eigenvalue weighted by molar-refractivity contribution is 5.78. The Labute approximate surface area is 83.1 Å². The highest BCUT2D eigenvalue weighted by atomic mass is 16.5. The van der Waals surface area contributed by atoms with Gasteiger partial charge in [-0.25, -0.2) is 0 Å². The van der Waals surface area contributed by atoms with Crippen molar-refractivity contribution in [2.24, 2.45) is 5.73 Å². The van der Waals surface area contributed by atoms with Crippen molar-refractivity contribution in [2.75, 3.05) is 13.2 Å². The molecule has 1 aromatic heterocycles. The molecule has 1 heterocycles. The molecule has 0 saturated carbocycles. The number of hydrogen-bond donors (Lipinski definition) is 1. The lowest BCUT2D eigenvalue weighted by Crippen LogP contribution is -2.23. The molecule has 1 unspecified atom stereocenters. The smallest absolute Gasteiger partial charge is 0.314 e. The SMILES string of the molecule is CCOC(=O)C(CN)c1cccnc1. The van der Waals surface area contributed by atoms with Gasteiger partial charge in [-0.1, -0.05) is 6.07 Å². The fourth-order valence-electron chi connectivity index (χ4n) is 1.19. The molecule has 0 aromatic carbocycles. The Balaban J connectivity index is 2.77. The maximum absolute atomic E-state index is 11.4. The van der Waals surface area contributed by atoms with E-state index in [1.54, 1.807) is 25.4 Å². The van der Waals surface area contributed by atoms with E-state index in [0.717, 1.165) is 5.56 Å². The summed E-state index contributed by atoms with van der Waals surface area (Å²) in [4.78, 5) is 15.4. The van der Waals surface area contributed by atoms with Crippen LogP contribution in [0.15, 0.2) is 24.5 Å². The molecule has 0 radical (unpaired) electrons. The first-order valence-electron chi connectivity index (χ1n) is 4.56. The summed E-state index contributed by atoms with van der Waals surface area (Å²) in [6, 6.07) is 3.60. The zero-order valence-corrected chi connectivity index (χ0v) is 8.14. The predicted molar refractivity (Wildman–Crippen MR) is 52.7 cm³/mol. The van der Waals surface area contributed by atoms with Crippen LogP contribution in [0.3, 0.4) is 0 Å². The summed E-state index contributed by atoms with van der Waals surface area (Å²) in [5.74, 6) is -0.688. The van der Waals surface area contributed by atoms with Crippen LogP contribution in [0.4, 0.5) is 0 Å². The minimum Gasteiger partial charge on any atom is -0.465 e. The van der Waals surface area contributed by atoms with Gasteiger partial charge in [-0.05, 0) is 18.6 Å². The Kier molecular flexibility index (Phi) is 4.07. The van der Waals surface area contributed by atoms with E-state index in [4.69, 9.17) is 10.5 Å². The summed E-state index contributed by atoms with van der Waals surface area (Å²) in [7, 11) is 0. The number of rotatable bonds is 4. The number of pyridine rings is 1. The summed E-state index contributed by atoms with van der Waals surface area (Å²) in [5.41, 5.74) is 6.31. The van der Waals surface area contributed by atoms with Crippen LogP contribution in [0, 0.1) is 0 Å². The number of aromatic nitrogens is 1. The third-order valence-corrected chi connectivity index (χ3v) is 1.89. The van der Waals surface area contributed by atoms with Gasteiger partial charge in [0.2, 0.25) is 0 Å². The van der Waals surface area contributed by atoms with Crippen LogP contribution in [-0.2, 0) is 9.53 Å². The van der Waals surface area contributed by atoms with E-state index in [-0.39, 0.29) is 12.5 Å². The number of nitrogens with zero attached hydrogens (tertiary/aromatic N) is 1. The average molecular weight is 194 g/mol. The molecule has 0 aliphatic rings. The Hall–Kier alpha value is -1.42. The van der Waals surface area contributed by atoms with Crippen LogP contribution in [-0.4, -0.2) is 24.1 Å². The molecule has 1 rings (SSSR count). The van der Waals surface area contributed by atoms with E-state index in [1.807, 2.05) is 6.07 Å². The first kappa shape index (κ1) is 10.7. The van der Waals surface area contributed by atoms with Gasteiger partial charge in [-0.15, -0.1) is 0 Å². The van der Waals surface area contributed by atoms with E-state index < -0.39 is 5.92 Å². The number of ether oxygens (including phenoxy) is 1. The van der Waals surface area contributed by atoms with Crippen molar-refractivity contribution in [2.45, 2.75) is 12.8 Å². The molecule has 0 bridgehead atoms. The predicted octanol–water partition coefficient (Wildman–Crippen LogP) is 0.687. The molecule has 0 aliphatic carbocycles. The maximum atomic E-state index is 11.4. The monoisotopic (exact) mass is 194 g/mol. The van der Waals surface area contributed by atoms with Crippen LogP contribution in [0.25, 0.3) is 0 Å². The van der Waals surface area contributed by atoms with Gasteiger partial charge < -0.3 is 10.5 Å². The standard InChI is InChI=1S/C10H14N2O2/c1-2-14-10(13)9(6-11)8-4-3-5-12-7-8/h3-5,7,9H,2,6,11H2,1H3. The summed E-state index contributed by atoms with van der Waals surface area (Å²) in [5, 5.41) is 0. The number of hydrogen-bond acceptors (Lipinski definition) is 4. The Morgan fingerprint density at radius 1 is 1.71 bits per heavy atom. The average Bonchev–Trinajstić information content (AvgIpc) is 2.21. The number of carbonyl (C=O) groups is 1. The van der Waals surface area contributed by atoms with Crippen molar-refractivity contribution < 1.29 is 9.53 Å². The van der Waals surface area contributed by atoms with E-state index in [0.29, 0.717) is 6.61 Å². The third-order valence-electron chi connectivity index (χ3n) is 1.89. The van der Waals surface area contributed by atoms with Crippen LogP contribution >= 0.6 is 0 Å². The second kappa shape index (κ2) is 5.34. The van der Waals surface area contributed by atoms with Gasteiger partial charge in [0.05, 0.1) is 12.5 Å². The molecular weight excluding hydrogens is 180 g/mol. The van der Waals surface area contributed by atoms with E-state index in [1.165, 1.54) is 0 Å². The van der Waals surface area contributed by atoms with Gasteiger partial charge in [0.15, 0.2) is 0 Å². The molecule has 2 N–H and O–H groups in total. The Bertz CT molecular complexity index is 287. The topological polar surface area (TPSA) is 65.2 Å². The summed E-state index contributed by atoms with van der Waals surface area (Å²) in [6.45, 7) is 2.38. The first-order valence-corrected chi connectivity index (χ1v) is 4.56. The maximum Gasteiger partial charge on any atom is 0.314 e. The second-order valence-corrected chi connectivity index (χ2v) is 2.83. The molecule has 1 aromatic rings. The zero-order valence-electron chi connectivity index (χ0n) is 8.14. The van der Waals surface area contributed by atoms with Gasteiger partial charge in [0.25, 0.3) is 0 Å². The van der Waals surface area contributed by atoms with Gasteiger partial charge in [-0.2, -0.15) is 0 Å². The molecule has 0 amide bonds. The minimum atomic E-state index is -0.399. The molecule has 0 fully saturated rings. The van der Waals surface area contributed by atoms with Crippen molar-refractivity contribution in [1.29, 1.82) is 0 Å². The first-order chi connectivity index (χ1) is 6.79. The number of carbonyl (C=O) groups excluding carboxylic acids is 1. The van der Waals surface area contributed by atoms with Crippen LogP contribution < -0.4 is 5.73 Å². The third kappa shape index (κ3) is 2.53. The lowest BCUT2D eigenvalue weighted by atomic mass is 10.0. The van der Waals surface area contributed by atoms with Crippen molar-refractivity contribution in [3.05, 3.63) is 30.1 Å². The largest absolute Gasteiger partial charge is 0.465 e. The highest BCUT2D eigenvalue weighted by Crippen LogP contribution is 2.14. The van der Waals surface area contributed by atoms with Crippen LogP contribution in [0.5, 0.6) is 0 Å². The molecule has 0 aliphatic heterocycles. The van der Waals surface area contributed by atoms with Gasteiger partial charge in [0, 0.05) is 18.9 Å². The molecule has 76 valence electrons. The van der Waals surface area contributed by atoms with Gasteiger partial charge in [0.1, 0.15) is 0 Å².